The molecule has 1 amide bonds. The average molecular weight is 379 g/mol. The SMILES string of the molecule is Cc1cc([C@@H](CN2CCC2)Nc2ncnc3c(C(N)=O)cccc23)ccc1F. The number of benzene rings is 2. The third-order valence-corrected chi connectivity index (χ3v) is 5.22. The zero-order valence-electron chi connectivity index (χ0n) is 15.7. The average Bonchev–Trinajstić information content (AvgIpc) is 2.65. The van der Waals surface area contributed by atoms with Gasteiger partial charge in [0.1, 0.15) is 18.0 Å². The van der Waals surface area contributed by atoms with Crippen LogP contribution in [0.5, 0.6) is 0 Å². The van der Waals surface area contributed by atoms with Gasteiger partial charge in [0.25, 0.3) is 5.91 Å². The van der Waals surface area contributed by atoms with E-state index in [9.17, 15) is 9.18 Å². The summed E-state index contributed by atoms with van der Waals surface area (Å²) in [5, 5.41) is 4.21. The van der Waals surface area contributed by atoms with Crippen molar-refractivity contribution in [3.63, 3.8) is 0 Å². The van der Waals surface area contributed by atoms with E-state index in [1.54, 1.807) is 25.1 Å². The summed E-state index contributed by atoms with van der Waals surface area (Å²) in [4.78, 5) is 22.7. The molecular formula is C21H22FN5O. The summed E-state index contributed by atoms with van der Waals surface area (Å²) in [5.74, 6) is -0.118. The normalized spacial score (nSPS) is 15.2. The van der Waals surface area contributed by atoms with Crippen LogP contribution >= 0.6 is 0 Å². The Bertz CT molecular complexity index is 1030. The lowest BCUT2D eigenvalue weighted by atomic mass is 10.0. The molecule has 0 unspecified atom stereocenters. The molecule has 0 bridgehead atoms. The molecule has 0 spiro atoms. The molecule has 0 radical (unpaired) electrons. The molecule has 1 aliphatic rings. The van der Waals surface area contributed by atoms with Crippen molar-refractivity contribution in [3.05, 3.63) is 65.2 Å². The third kappa shape index (κ3) is 3.53. The Morgan fingerprint density at radius 1 is 1.29 bits per heavy atom. The maximum absolute atomic E-state index is 13.8. The van der Waals surface area contributed by atoms with Crippen LogP contribution in [-0.2, 0) is 0 Å². The number of nitrogens with two attached hydrogens (primary N) is 1. The van der Waals surface area contributed by atoms with Crippen molar-refractivity contribution < 1.29 is 9.18 Å². The highest BCUT2D eigenvalue weighted by Crippen LogP contribution is 2.28. The number of para-hydroxylation sites is 1. The Morgan fingerprint density at radius 3 is 2.79 bits per heavy atom. The number of aromatic nitrogens is 2. The summed E-state index contributed by atoms with van der Waals surface area (Å²) in [6.45, 7) is 4.65. The fraction of sp³-hybridized carbons (Fsp3) is 0.286. The first-order valence-electron chi connectivity index (χ1n) is 9.31. The Labute approximate surface area is 162 Å². The minimum absolute atomic E-state index is 0.0741. The Kier molecular flexibility index (Phi) is 4.92. The van der Waals surface area contributed by atoms with Gasteiger partial charge in [0.2, 0.25) is 0 Å². The van der Waals surface area contributed by atoms with Gasteiger partial charge in [-0.1, -0.05) is 18.2 Å². The fourth-order valence-electron chi connectivity index (χ4n) is 3.51. The molecule has 3 aromatic rings. The lowest BCUT2D eigenvalue weighted by Gasteiger charge is -2.35. The first-order valence-corrected chi connectivity index (χ1v) is 9.31. The number of likely N-dealkylation sites (tertiary alicyclic amines) is 1. The Hall–Kier alpha value is -3.06. The predicted octanol–water partition coefficient (Wildman–Crippen LogP) is 3.04. The van der Waals surface area contributed by atoms with Crippen LogP contribution in [0.1, 0.15) is 33.9 Å². The molecule has 1 atom stereocenters. The van der Waals surface area contributed by atoms with E-state index in [0.717, 1.165) is 30.6 Å². The molecule has 4 rings (SSSR count). The van der Waals surface area contributed by atoms with Crippen LogP contribution in [0, 0.1) is 12.7 Å². The largest absolute Gasteiger partial charge is 0.366 e. The number of carbonyl (C=O) groups excluding carboxylic acids is 1. The predicted molar refractivity (Wildman–Crippen MR) is 107 cm³/mol. The van der Waals surface area contributed by atoms with Gasteiger partial charge in [0.15, 0.2) is 0 Å². The molecule has 144 valence electrons. The molecular weight excluding hydrogens is 357 g/mol. The first-order chi connectivity index (χ1) is 13.5. The number of fused-ring (bicyclic) bond motifs is 1. The number of anilines is 1. The maximum atomic E-state index is 13.8. The van der Waals surface area contributed by atoms with Crippen molar-refractivity contribution in [3.8, 4) is 0 Å². The van der Waals surface area contributed by atoms with Crippen molar-refractivity contribution in [1.29, 1.82) is 0 Å². The van der Waals surface area contributed by atoms with E-state index < -0.39 is 5.91 Å². The second-order valence-corrected chi connectivity index (χ2v) is 7.15. The van der Waals surface area contributed by atoms with Crippen LogP contribution in [0.3, 0.4) is 0 Å². The van der Waals surface area contributed by atoms with Crippen molar-refractivity contribution in [2.75, 3.05) is 25.0 Å². The van der Waals surface area contributed by atoms with Gasteiger partial charge in [-0.2, -0.15) is 0 Å². The third-order valence-electron chi connectivity index (χ3n) is 5.22. The van der Waals surface area contributed by atoms with Gasteiger partial charge < -0.3 is 16.0 Å². The van der Waals surface area contributed by atoms with Crippen molar-refractivity contribution in [2.45, 2.75) is 19.4 Å². The molecule has 1 aliphatic heterocycles. The highest BCUT2D eigenvalue weighted by atomic mass is 19.1. The first kappa shape index (κ1) is 18.3. The second-order valence-electron chi connectivity index (χ2n) is 7.15. The van der Waals surface area contributed by atoms with Gasteiger partial charge in [-0.25, -0.2) is 14.4 Å². The van der Waals surface area contributed by atoms with Crippen LogP contribution in [0.4, 0.5) is 10.2 Å². The number of primary amides is 1. The molecule has 7 heteroatoms. The highest BCUT2D eigenvalue weighted by molar-refractivity contribution is 6.06. The molecule has 6 nitrogen and oxygen atoms in total. The van der Waals surface area contributed by atoms with E-state index >= 15 is 0 Å². The van der Waals surface area contributed by atoms with E-state index in [4.69, 9.17) is 5.73 Å². The van der Waals surface area contributed by atoms with Gasteiger partial charge in [-0.15, -0.1) is 0 Å². The number of nitrogens with one attached hydrogen (secondary N) is 1. The second kappa shape index (κ2) is 7.52. The van der Waals surface area contributed by atoms with Gasteiger partial charge in [-0.3, -0.25) is 4.79 Å². The van der Waals surface area contributed by atoms with Gasteiger partial charge >= 0.3 is 0 Å². The molecule has 1 fully saturated rings. The molecule has 0 aliphatic carbocycles. The molecule has 3 N–H and O–H groups in total. The summed E-state index contributed by atoms with van der Waals surface area (Å²) in [5.41, 5.74) is 7.96. The van der Waals surface area contributed by atoms with Gasteiger partial charge in [-0.05, 0) is 55.8 Å². The van der Waals surface area contributed by atoms with E-state index in [1.807, 2.05) is 12.1 Å². The Balaban J connectivity index is 1.73. The monoisotopic (exact) mass is 379 g/mol. The number of carbonyl (C=O) groups is 1. The van der Waals surface area contributed by atoms with Crippen molar-refractivity contribution >= 4 is 22.6 Å². The van der Waals surface area contributed by atoms with Crippen LogP contribution < -0.4 is 11.1 Å². The molecule has 1 saturated heterocycles. The standard InChI is InChI=1S/C21H22FN5O/c1-13-10-14(6-7-17(13)22)18(11-27-8-3-9-27)26-21-16-5-2-4-15(20(23)28)19(16)24-12-25-21/h2,4-7,10,12,18H,3,8-9,11H2,1H3,(H2,23,28)(H,24,25,26)/t18-/m1/s1. The molecule has 0 saturated carbocycles. The number of nitrogens with zero attached hydrogens (tertiary/aromatic N) is 3. The number of halogens is 1. The number of amides is 1. The lowest BCUT2D eigenvalue weighted by Crippen LogP contribution is -2.41. The number of rotatable bonds is 6. The maximum Gasteiger partial charge on any atom is 0.250 e. The van der Waals surface area contributed by atoms with Crippen molar-refractivity contribution in [1.82, 2.24) is 14.9 Å². The molecule has 1 aromatic heterocycles. The fourth-order valence-corrected chi connectivity index (χ4v) is 3.51. The smallest absolute Gasteiger partial charge is 0.250 e. The number of hydrogen-bond acceptors (Lipinski definition) is 5. The summed E-state index contributed by atoms with van der Waals surface area (Å²) < 4.78 is 13.8. The van der Waals surface area contributed by atoms with E-state index in [2.05, 4.69) is 20.2 Å². The highest BCUT2D eigenvalue weighted by Gasteiger charge is 2.22. The molecule has 2 heterocycles. The minimum Gasteiger partial charge on any atom is -0.366 e. The quantitative estimate of drug-likeness (QED) is 0.688. The molecule has 2 aromatic carbocycles. The lowest BCUT2D eigenvalue weighted by molar-refractivity contribution is 0.100. The van der Waals surface area contributed by atoms with Crippen LogP contribution in [0.2, 0.25) is 0 Å². The topological polar surface area (TPSA) is 84.1 Å². The Morgan fingerprint density at radius 2 is 2.11 bits per heavy atom. The van der Waals surface area contributed by atoms with Crippen LogP contribution in [0.15, 0.2) is 42.7 Å². The van der Waals surface area contributed by atoms with Crippen molar-refractivity contribution in [2.24, 2.45) is 5.73 Å². The zero-order valence-corrected chi connectivity index (χ0v) is 15.7. The number of hydrogen-bond donors (Lipinski definition) is 2. The number of aryl methyl sites for hydroxylation is 1. The molecule has 28 heavy (non-hydrogen) atoms. The van der Waals surface area contributed by atoms with E-state index in [-0.39, 0.29) is 11.9 Å². The van der Waals surface area contributed by atoms with Crippen LogP contribution in [-0.4, -0.2) is 40.4 Å². The van der Waals surface area contributed by atoms with Gasteiger partial charge in [0, 0.05) is 11.9 Å². The summed E-state index contributed by atoms with van der Waals surface area (Å²) in [7, 11) is 0. The zero-order chi connectivity index (χ0) is 19.7. The van der Waals surface area contributed by atoms with E-state index in [0.29, 0.717) is 22.5 Å². The van der Waals surface area contributed by atoms with E-state index in [1.165, 1.54) is 18.8 Å². The van der Waals surface area contributed by atoms with Gasteiger partial charge in [0.05, 0.1) is 17.1 Å². The summed E-state index contributed by atoms with van der Waals surface area (Å²) in [6.07, 6.45) is 2.61. The summed E-state index contributed by atoms with van der Waals surface area (Å²) >= 11 is 0. The minimum atomic E-state index is -0.526. The summed E-state index contributed by atoms with van der Waals surface area (Å²) in [6, 6.07) is 10.4. The van der Waals surface area contributed by atoms with Crippen LogP contribution in [0.25, 0.3) is 10.9 Å².